The molecule has 1 N–H and O–H groups in total. The number of aliphatic hydroxyl groups is 1. The van der Waals surface area contributed by atoms with Crippen LogP contribution in [0.4, 0.5) is 0 Å². The molecule has 160 valence electrons. The predicted octanol–water partition coefficient (Wildman–Crippen LogP) is 4.23. The van der Waals surface area contributed by atoms with Gasteiger partial charge < -0.3 is 19.5 Å². The van der Waals surface area contributed by atoms with Gasteiger partial charge in [0.2, 0.25) is 0 Å². The topological polar surface area (TPSA) is 60.4 Å². The van der Waals surface area contributed by atoms with E-state index < -0.39 is 5.97 Å². The number of allylic oxidation sites excluding steroid dienone is 3. The second kappa shape index (κ2) is 18.2. The van der Waals surface area contributed by atoms with Crippen LogP contribution in [0, 0.1) is 0 Å². The Morgan fingerprint density at radius 3 is 1.81 bits per heavy atom. The van der Waals surface area contributed by atoms with Gasteiger partial charge in [-0.05, 0) is 71.8 Å². The number of carboxylic acid groups (broad SMARTS) is 1. The monoisotopic (exact) mass is 383 g/mol. The molecule has 0 unspecified atom stereocenters. The van der Waals surface area contributed by atoms with Gasteiger partial charge in [-0.3, -0.25) is 0 Å². The molecule has 0 aromatic carbocycles. The van der Waals surface area contributed by atoms with Gasteiger partial charge in [-0.2, -0.15) is 0 Å². The molecule has 0 radical (unpaired) electrons. The Morgan fingerprint density at radius 2 is 1.44 bits per heavy atom. The van der Waals surface area contributed by atoms with Crippen molar-refractivity contribution in [2.24, 2.45) is 0 Å². The average Bonchev–Trinajstić information content (AvgIpc) is 2.55. The highest BCUT2D eigenvalue weighted by atomic mass is 16.4. The Labute approximate surface area is 168 Å². The molecule has 0 aliphatic heterocycles. The summed E-state index contributed by atoms with van der Waals surface area (Å²) in [5.74, 6) is -1.11. The van der Waals surface area contributed by atoms with Crippen molar-refractivity contribution in [2.45, 2.75) is 86.5 Å². The lowest BCUT2D eigenvalue weighted by Gasteiger charge is -2.38. The molecule has 4 nitrogen and oxygen atoms in total. The summed E-state index contributed by atoms with van der Waals surface area (Å²) in [6, 6.07) is 0. The highest BCUT2D eigenvalue weighted by molar-refractivity contribution is 5.78. The molecular weight excluding hydrogens is 338 g/mol. The number of hydrogen-bond acceptors (Lipinski definition) is 3. The molecule has 0 amide bonds. The van der Waals surface area contributed by atoms with Gasteiger partial charge in [-0.25, -0.2) is 0 Å². The largest absolute Gasteiger partial charge is 0.545 e. The van der Waals surface area contributed by atoms with Crippen molar-refractivity contribution in [3.63, 3.8) is 0 Å². The van der Waals surface area contributed by atoms with Crippen LogP contribution >= 0.6 is 0 Å². The molecule has 0 spiro atoms. The third-order valence-electron chi connectivity index (χ3n) is 4.59. The standard InChI is InChI=1S/C13H30NO.C10H16O2/c1-4-9-14(10-5-2,11-6-3)12-7-8-13-15;1-8(2)5-4-6-9(3)7-10(11)12/h15H,4-13H2,1-3H3;5,7H,4,6H2,1-3H3,(H,11,12)/q+1;/p-1/b;9-7+. The fourth-order valence-corrected chi connectivity index (χ4v) is 3.51. The minimum atomic E-state index is -1.11. The van der Waals surface area contributed by atoms with E-state index in [0.29, 0.717) is 6.61 Å². The van der Waals surface area contributed by atoms with Crippen LogP contribution in [0.5, 0.6) is 0 Å². The number of rotatable bonds is 14. The van der Waals surface area contributed by atoms with E-state index in [2.05, 4.69) is 26.8 Å². The van der Waals surface area contributed by atoms with Crippen molar-refractivity contribution in [3.8, 4) is 0 Å². The molecule has 0 aromatic rings. The molecule has 0 saturated carbocycles. The van der Waals surface area contributed by atoms with Crippen LogP contribution in [0.1, 0.15) is 86.5 Å². The maximum absolute atomic E-state index is 10.1. The third kappa shape index (κ3) is 18.0. The van der Waals surface area contributed by atoms with Gasteiger partial charge in [0.1, 0.15) is 0 Å². The van der Waals surface area contributed by atoms with Crippen molar-refractivity contribution in [2.75, 3.05) is 32.8 Å². The van der Waals surface area contributed by atoms with Crippen LogP contribution < -0.4 is 5.11 Å². The number of quaternary nitrogens is 1. The molecule has 0 heterocycles. The number of aliphatic carboxylic acids is 1. The SMILES string of the molecule is CC(C)=CCC/C(C)=C/C(=O)[O-].CCC[N+](CCC)(CCC)CCCCO. The van der Waals surface area contributed by atoms with Gasteiger partial charge >= 0.3 is 0 Å². The maximum atomic E-state index is 10.1. The Balaban J connectivity index is 0. The number of hydrogen-bond donors (Lipinski definition) is 1. The van der Waals surface area contributed by atoms with Gasteiger partial charge in [-0.1, -0.05) is 38.0 Å². The lowest BCUT2D eigenvalue weighted by Crippen LogP contribution is -2.50. The van der Waals surface area contributed by atoms with E-state index in [1.54, 1.807) is 6.92 Å². The number of carbonyl (C=O) groups is 1. The Kier molecular flexibility index (Phi) is 19.0. The summed E-state index contributed by atoms with van der Waals surface area (Å²) in [7, 11) is 0. The van der Waals surface area contributed by atoms with Crippen LogP contribution in [0.15, 0.2) is 23.3 Å². The summed E-state index contributed by atoms with van der Waals surface area (Å²) in [4.78, 5) is 10.1. The van der Waals surface area contributed by atoms with Crippen molar-refractivity contribution in [1.82, 2.24) is 0 Å². The first-order valence-corrected chi connectivity index (χ1v) is 10.7. The summed E-state index contributed by atoms with van der Waals surface area (Å²) in [5, 5.41) is 18.9. The van der Waals surface area contributed by atoms with Crippen molar-refractivity contribution in [1.29, 1.82) is 0 Å². The van der Waals surface area contributed by atoms with Crippen molar-refractivity contribution < 1.29 is 19.5 Å². The van der Waals surface area contributed by atoms with E-state index in [1.165, 1.54) is 61.9 Å². The Hall–Kier alpha value is -1.13. The van der Waals surface area contributed by atoms with Gasteiger partial charge in [0.25, 0.3) is 0 Å². The molecule has 0 rings (SSSR count). The number of aliphatic hydroxyl groups excluding tert-OH is 1. The first-order chi connectivity index (χ1) is 12.8. The molecule has 4 heteroatoms. The molecular formula is C23H45NO3. The zero-order chi connectivity index (χ0) is 21.1. The van der Waals surface area contributed by atoms with Gasteiger partial charge in [0.15, 0.2) is 0 Å². The number of unbranched alkanes of at least 4 members (excludes halogenated alkanes) is 1. The highest BCUT2D eigenvalue weighted by Gasteiger charge is 2.23. The highest BCUT2D eigenvalue weighted by Crippen LogP contribution is 2.13. The van der Waals surface area contributed by atoms with E-state index in [-0.39, 0.29) is 0 Å². The third-order valence-corrected chi connectivity index (χ3v) is 4.59. The first kappa shape index (κ1) is 28.1. The summed E-state index contributed by atoms with van der Waals surface area (Å²) in [6.45, 7) is 18.2. The number of nitrogens with zero attached hydrogens (tertiary/aromatic N) is 1. The number of carbonyl (C=O) groups excluding carboxylic acids is 1. The van der Waals surface area contributed by atoms with E-state index in [0.717, 1.165) is 30.9 Å². The lowest BCUT2D eigenvalue weighted by molar-refractivity contribution is -0.928. The van der Waals surface area contributed by atoms with Gasteiger partial charge in [-0.15, -0.1) is 0 Å². The summed E-state index contributed by atoms with van der Waals surface area (Å²) in [5.41, 5.74) is 2.11. The van der Waals surface area contributed by atoms with Crippen LogP contribution in [0.25, 0.3) is 0 Å². The Morgan fingerprint density at radius 1 is 0.926 bits per heavy atom. The second-order valence-corrected chi connectivity index (χ2v) is 7.80. The summed E-state index contributed by atoms with van der Waals surface area (Å²) in [6.07, 6.45) is 10.9. The van der Waals surface area contributed by atoms with Crippen LogP contribution in [-0.4, -0.2) is 48.3 Å². The average molecular weight is 384 g/mol. The predicted molar refractivity (Wildman–Crippen MR) is 114 cm³/mol. The molecule has 0 aliphatic carbocycles. The van der Waals surface area contributed by atoms with Crippen molar-refractivity contribution in [3.05, 3.63) is 23.3 Å². The van der Waals surface area contributed by atoms with Crippen LogP contribution in [0.3, 0.4) is 0 Å². The zero-order valence-corrected chi connectivity index (χ0v) is 18.9. The maximum Gasteiger partial charge on any atom is 0.0787 e. The lowest BCUT2D eigenvalue weighted by atomic mass is 10.1. The smallest absolute Gasteiger partial charge is 0.0787 e. The first-order valence-electron chi connectivity index (χ1n) is 10.7. The number of carboxylic acids is 1. The van der Waals surface area contributed by atoms with E-state index in [1.807, 2.05) is 13.8 Å². The minimum absolute atomic E-state index is 0.352. The van der Waals surface area contributed by atoms with E-state index in [4.69, 9.17) is 5.11 Å². The van der Waals surface area contributed by atoms with E-state index >= 15 is 0 Å². The minimum Gasteiger partial charge on any atom is -0.545 e. The van der Waals surface area contributed by atoms with Gasteiger partial charge in [0.05, 0.1) is 32.1 Å². The normalized spacial score (nSPS) is 11.6. The molecule has 0 aliphatic rings. The summed E-state index contributed by atoms with van der Waals surface area (Å²) < 4.78 is 1.28. The molecule has 0 bridgehead atoms. The summed E-state index contributed by atoms with van der Waals surface area (Å²) >= 11 is 0. The second-order valence-electron chi connectivity index (χ2n) is 7.80. The van der Waals surface area contributed by atoms with E-state index in [9.17, 15) is 9.90 Å². The van der Waals surface area contributed by atoms with Crippen LogP contribution in [-0.2, 0) is 4.79 Å². The Bertz CT molecular complexity index is 406. The molecule has 0 saturated heterocycles. The molecule has 0 aromatic heterocycles. The fourth-order valence-electron chi connectivity index (χ4n) is 3.51. The van der Waals surface area contributed by atoms with Gasteiger partial charge in [0, 0.05) is 6.61 Å². The molecule has 0 atom stereocenters. The van der Waals surface area contributed by atoms with Crippen LogP contribution in [0.2, 0.25) is 0 Å². The van der Waals surface area contributed by atoms with Crippen molar-refractivity contribution >= 4 is 5.97 Å². The molecule has 0 fully saturated rings. The zero-order valence-electron chi connectivity index (χ0n) is 18.9. The quantitative estimate of drug-likeness (QED) is 0.211. The molecule has 27 heavy (non-hydrogen) atoms. The fraction of sp³-hybridized carbons (Fsp3) is 0.783.